The summed E-state index contributed by atoms with van der Waals surface area (Å²) in [6.45, 7) is 1.46. The van der Waals surface area contributed by atoms with Crippen LogP contribution in [0.2, 0.25) is 0 Å². The standard InChI is InChI=1S/C18H19NO2/c1-13(20)16-11-12-17(14-7-3-2-4-8-14)19(18(16)21)15-9-5-6-10-15/h2-4,7-8,11-12,15H,5-6,9-10H2,1H3. The molecule has 2 aromatic rings. The molecule has 1 aromatic carbocycles. The van der Waals surface area contributed by atoms with E-state index in [1.54, 1.807) is 6.07 Å². The lowest BCUT2D eigenvalue weighted by Crippen LogP contribution is -2.29. The molecule has 3 nitrogen and oxygen atoms in total. The van der Waals surface area contributed by atoms with Crippen molar-refractivity contribution in [1.82, 2.24) is 4.57 Å². The van der Waals surface area contributed by atoms with E-state index in [4.69, 9.17) is 0 Å². The van der Waals surface area contributed by atoms with Gasteiger partial charge in [-0.1, -0.05) is 43.2 Å². The average Bonchev–Trinajstić information content (AvgIpc) is 3.01. The Bertz CT molecular complexity index is 710. The van der Waals surface area contributed by atoms with Crippen molar-refractivity contribution in [2.24, 2.45) is 0 Å². The van der Waals surface area contributed by atoms with E-state index in [0.29, 0.717) is 5.56 Å². The van der Waals surface area contributed by atoms with Crippen molar-refractivity contribution in [2.75, 3.05) is 0 Å². The zero-order chi connectivity index (χ0) is 14.8. The molecule has 0 saturated heterocycles. The maximum absolute atomic E-state index is 12.7. The van der Waals surface area contributed by atoms with Crippen molar-refractivity contribution >= 4 is 5.78 Å². The third-order valence-corrected chi connectivity index (χ3v) is 4.26. The molecule has 0 unspecified atom stereocenters. The van der Waals surface area contributed by atoms with E-state index in [2.05, 4.69) is 0 Å². The van der Waals surface area contributed by atoms with E-state index in [1.165, 1.54) is 6.92 Å². The van der Waals surface area contributed by atoms with Gasteiger partial charge in [0.15, 0.2) is 5.78 Å². The second kappa shape index (κ2) is 5.68. The van der Waals surface area contributed by atoms with Crippen LogP contribution in [-0.2, 0) is 0 Å². The van der Waals surface area contributed by atoms with Crippen molar-refractivity contribution < 1.29 is 4.79 Å². The molecular formula is C18H19NO2. The number of nitrogens with zero attached hydrogens (tertiary/aromatic N) is 1. The summed E-state index contributed by atoms with van der Waals surface area (Å²) in [6.07, 6.45) is 4.33. The van der Waals surface area contributed by atoms with Crippen molar-refractivity contribution in [1.29, 1.82) is 0 Å². The third-order valence-electron chi connectivity index (χ3n) is 4.26. The molecule has 0 bridgehead atoms. The molecule has 0 aliphatic heterocycles. The van der Waals surface area contributed by atoms with Gasteiger partial charge < -0.3 is 4.57 Å². The Morgan fingerprint density at radius 3 is 2.33 bits per heavy atom. The first-order chi connectivity index (χ1) is 10.2. The molecule has 21 heavy (non-hydrogen) atoms. The van der Waals surface area contributed by atoms with E-state index >= 15 is 0 Å². The summed E-state index contributed by atoms with van der Waals surface area (Å²) >= 11 is 0. The number of ketones is 1. The predicted molar refractivity (Wildman–Crippen MR) is 83.6 cm³/mol. The first kappa shape index (κ1) is 13.8. The molecule has 0 amide bonds. The van der Waals surface area contributed by atoms with Crippen LogP contribution in [0.3, 0.4) is 0 Å². The third kappa shape index (κ3) is 2.56. The minimum atomic E-state index is -0.161. The summed E-state index contributed by atoms with van der Waals surface area (Å²) in [5.41, 5.74) is 2.09. The maximum Gasteiger partial charge on any atom is 0.262 e. The maximum atomic E-state index is 12.7. The van der Waals surface area contributed by atoms with Crippen LogP contribution in [0.1, 0.15) is 49.0 Å². The fraction of sp³-hybridized carbons (Fsp3) is 0.333. The van der Waals surface area contributed by atoms with E-state index in [0.717, 1.165) is 36.9 Å². The SMILES string of the molecule is CC(=O)c1ccc(-c2ccccc2)n(C2CCCC2)c1=O. The van der Waals surface area contributed by atoms with Crippen LogP contribution in [0.5, 0.6) is 0 Å². The Labute approximate surface area is 124 Å². The largest absolute Gasteiger partial charge is 0.305 e. The van der Waals surface area contributed by atoms with Crippen LogP contribution in [-0.4, -0.2) is 10.4 Å². The Balaban J connectivity index is 2.22. The first-order valence-corrected chi connectivity index (χ1v) is 7.50. The number of benzene rings is 1. The second-order valence-electron chi connectivity index (χ2n) is 5.67. The fourth-order valence-electron chi connectivity index (χ4n) is 3.19. The average molecular weight is 281 g/mol. The molecule has 1 aromatic heterocycles. The van der Waals surface area contributed by atoms with Crippen LogP contribution < -0.4 is 5.56 Å². The molecule has 1 aliphatic rings. The number of hydrogen-bond donors (Lipinski definition) is 0. The number of rotatable bonds is 3. The lowest BCUT2D eigenvalue weighted by Gasteiger charge is -2.20. The van der Waals surface area contributed by atoms with Gasteiger partial charge in [-0.05, 0) is 37.5 Å². The molecule has 108 valence electrons. The monoisotopic (exact) mass is 281 g/mol. The van der Waals surface area contributed by atoms with Gasteiger partial charge in [0.25, 0.3) is 5.56 Å². The number of Topliss-reactive ketones (excluding diaryl/α,β-unsaturated/α-hetero) is 1. The van der Waals surface area contributed by atoms with Gasteiger partial charge in [-0.15, -0.1) is 0 Å². The van der Waals surface area contributed by atoms with Gasteiger partial charge >= 0.3 is 0 Å². The fourth-order valence-corrected chi connectivity index (χ4v) is 3.19. The quantitative estimate of drug-likeness (QED) is 0.802. The summed E-state index contributed by atoms with van der Waals surface area (Å²) in [5.74, 6) is -0.161. The lowest BCUT2D eigenvalue weighted by molar-refractivity contribution is 0.101. The molecule has 1 aliphatic carbocycles. The highest BCUT2D eigenvalue weighted by Gasteiger charge is 2.23. The van der Waals surface area contributed by atoms with Gasteiger partial charge in [0.2, 0.25) is 0 Å². The van der Waals surface area contributed by atoms with Crippen molar-refractivity contribution in [2.45, 2.75) is 38.6 Å². The first-order valence-electron chi connectivity index (χ1n) is 7.50. The Kier molecular flexibility index (Phi) is 3.74. The van der Waals surface area contributed by atoms with E-state index in [1.807, 2.05) is 41.0 Å². The smallest absolute Gasteiger partial charge is 0.262 e. The van der Waals surface area contributed by atoms with Gasteiger partial charge in [0, 0.05) is 6.04 Å². The number of hydrogen-bond acceptors (Lipinski definition) is 2. The molecule has 1 heterocycles. The molecule has 0 radical (unpaired) electrons. The number of carbonyl (C=O) groups excluding carboxylic acids is 1. The molecule has 0 atom stereocenters. The van der Waals surface area contributed by atoms with Crippen LogP contribution in [0.4, 0.5) is 0 Å². The van der Waals surface area contributed by atoms with E-state index < -0.39 is 0 Å². The topological polar surface area (TPSA) is 39.1 Å². The molecule has 1 saturated carbocycles. The van der Waals surface area contributed by atoms with Gasteiger partial charge in [-0.3, -0.25) is 9.59 Å². The summed E-state index contributed by atoms with van der Waals surface area (Å²) in [7, 11) is 0. The minimum absolute atomic E-state index is 0.143. The number of pyridine rings is 1. The van der Waals surface area contributed by atoms with Crippen molar-refractivity contribution in [3.8, 4) is 11.3 Å². The minimum Gasteiger partial charge on any atom is -0.305 e. The highest BCUT2D eigenvalue weighted by atomic mass is 16.1. The van der Waals surface area contributed by atoms with Crippen molar-refractivity contribution in [3.63, 3.8) is 0 Å². The molecule has 0 N–H and O–H groups in total. The van der Waals surface area contributed by atoms with Gasteiger partial charge in [0.1, 0.15) is 0 Å². The lowest BCUT2D eigenvalue weighted by atomic mass is 10.1. The van der Waals surface area contributed by atoms with Crippen molar-refractivity contribution in [3.05, 3.63) is 58.4 Å². The second-order valence-corrected chi connectivity index (χ2v) is 5.67. The Morgan fingerprint density at radius 2 is 1.71 bits per heavy atom. The zero-order valence-electron chi connectivity index (χ0n) is 12.2. The van der Waals surface area contributed by atoms with E-state index in [-0.39, 0.29) is 17.4 Å². The molecule has 3 rings (SSSR count). The summed E-state index contributed by atoms with van der Waals surface area (Å²) in [4.78, 5) is 24.4. The number of aromatic nitrogens is 1. The molecule has 3 heteroatoms. The van der Waals surface area contributed by atoms with Crippen LogP contribution in [0.25, 0.3) is 11.3 Å². The molecule has 0 spiro atoms. The summed E-state index contributed by atoms with van der Waals surface area (Å²) in [6, 6.07) is 13.7. The van der Waals surface area contributed by atoms with E-state index in [9.17, 15) is 9.59 Å². The van der Waals surface area contributed by atoms with Crippen LogP contribution in [0.15, 0.2) is 47.3 Å². The van der Waals surface area contributed by atoms with Crippen LogP contribution >= 0.6 is 0 Å². The number of carbonyl (C=O) groups is 1. The normalized spacial score (nSPS) is 15.3. The van der Waals surface area contributed by atoms with Crippen LogP contribution in [0, 0.1) is 0 Å². The Hall–Kier alpha value is -2.16. The molecular weight excluding hydrogens is 262 g/mol. The Morgan fingerprint density at radius 1 is 1.05 bits per heavy atom. The summed E-state index contributed by atoms with van der Waals surface area (Å²) < 4.78 is 1.85. The highest BCUT2D eigenvalue weighted by molar-refractivity contribution is 5.94. The van der Waals surface area contributed by atoms with Gasteiger partial charge in [-0.2, -0.15) is 0 Å². The predicted octanol–water partition coefficient (Wildman–Crippen LogP) is 3.83. The molecule has 1 fully saturated rings. The van der Waals surface area contributed by atoms with Gasteiger partial charge in [0.05, 0.1) is 11.3 Å². The highest BCUT2D eigenvalue weighted by Crippen LogP contribution is 2.32. The summed E-state index contributed by atoms with van der Waals surface area (Å²) in [5, 5.41) is 0. The zero-order valence-corrected chi connectivity index (χ0v) is 12.2. The van der Waals surface area contributed by atoms with Gasteiger partial charge in [-0.25, -0.2) is 0 Å².